The molecule has 0 fully saturated rings. The van der Waals surface area contributed by atoms with Crippen molar-refractivity contribution in [3.8, 4) is 11.1 Å². The van der Waals surface area contributed by atoms with Crippen LogP contribution in [-0.4, -0.2) is 0 Å². The number of rotatable bonds is 1. The highest BCUT2D eigenvalue weighted by atomic mass is 15.2. The fourth-order valence-corrected chi connectivity index (χ4v) is 6.04. The molecule has 0 bridgehead atoms. The summed E-state index contributed by atoms with van der Waals surface area (Å²) in [5.74, 6) is 0. The van der Waals surface area contributed by atoms with Gasteiger partial charge in [0.2, 0.25) is 0 Å². The van der Waals surface area contributed by atoms with Gasteiger partial charge in [0.15, 0.2) is 0 Å². The smallest absolute Gasteiger partial charge is 0.0755 e. The summed E-state index contributed by atoms with van der Waals surface area (Å²) < 4.78 is 0. The van der Waals surface area contributed by atoms with Crippen LogP contribution in [-0.2, 0) is 5.41 Å². The van der Waals surface area contributed by atoms with Gasteiger partial charge in [-0.05, 0) is 58.1 Å². The number of hydrogen-bond acceptors (Lipinski definition) is 2. The van der Waals surface area contributed by atoms with Crippen LogP contribution < -0.4 is 10.6 Å². The molecule has 5 aromatic carbocycles. The zero-order valence-corrected chi connectivity index (χ0v) is 18.1. The van der Waals surface area contributed by atoms with Gasteiger partial charge in [0.1, 0.15) is 0 Å². The summed E-state index contributed by atoms with van der Waals surface area (Å²) in [6.07, 6.45) is 0. The van der Waals surface area contributed by atoms with Crippen molar-refractivity contribution < 1.29 is 0 Å². The lowest BCUT2D eigenvalue weighted by atomic mass is 9.64. The van der Waals surface area contributed by atoms with E-state index in [1.807, 2.05) is 6.07 Å². The highest BCUT2D eigenvalue weighted by Gasteiger charge is 2.51. The Kier molecular flexibility index (Phi) is 3.66. The van der Waals surface area contributed by atoms with Gasteiger partial charge in [0.25, 0.3) is 0 Å². The van der Waals surface area contributed by atoms with Gasteiger partial charge < -0.3 is 10.6 Å². The monoisotopic (exact) mass is 422 g/mol. The molecule has 7 rings (SSSR count). The standard InChI is InChI=1S/C31H22N2/c32-27-18-10-17-26-30(27)22-13-4-5-14-23(22)31(26)24-15-6-8-19-28(24)33(21-11-2-1-3-12-21)29-20-9-7-16-25(29)31/h1-20H,32H2. The SMILES string of the molecule is Nc1cccc2c1-c1ccccc1C21c2ccccc2N(c2ccccc2)c2ccccc21. The molecule has 156 valence electrons. The molecule has 1 spiro atoms. The predicted octanol–water partition coefficient (Wildman–Crippen LogP) is 7.42. The number of para-hydroxylation sites is 3. The maximum atomic E-state index is 6.62. The summed E-state index contributed by atoms with van der Waals surface area (Å²) in [6, 6.07) is 43.4. The molecule has 33 heavy (non-hydrogen) atoms. The molecule has 0 saturated carbocycles. The van der Waals surface area contributed by atoms with E-state index in [1.54, 1.807) is 0 Å². The van der Waals surface area contributed by atoms with E-state index in [9.17, 15) is 0 Å². The Hall–Kier alpha value is -4.30. The Morgan fingerprint density at radius 3 is 1.73 bits per heavy atom. The second kappa shape index (κ2) is 6.60. The first-order valence-electron chi connectivity index (χ1n) is 11.3. The second-order valence-corrected chi connectivity index (χ2v) is 8.77. The largest absolute Gasteiger partial charge is 0.398 e. The van der Waals surface area contributed by atoms with Crippen LogP contribution in [0.1, 0.15) is 22.3 Å². The molecule has 0 unspecified atom stereocenters. The summed E-state index contributed by atoms with van der Waals surface area (Å²) in [7, 11) is 0. The van der Waals surface area contributed by atoms with Crippen LogP contribution in [0.4, 0.5) is 22.7 Å². The number of nitrogen functional groups attached to an aromatic ring is 1. The van der Waals surface area contributed by atoms with Crippen molar-refractivity contribution in [2.45, 2.75) is 5.41 Å². The number of anilines is 4. The van der Waals surface area contributed by atoms with Crippen LogP contribution in [0.2, 0.25) is 0 Å². The third kappa shape index (κ3) is 2.22. The zero-order chi connectivity index (χ0) is 22.0. The van der Waals surface area contributed by atoms with Crippen molar-refractivity contribution in [1.82, 2.24) is 0 Å². The molecular weight excluding hydrogens is 400 g/mol. The van der Waals surface area contributed by atoms with Crippen molar-refractivity contribution >= 4 is 22.7 Å². The van der Waals surface area contributed by atoms with Gasteiger partial charge in [-0.2, -0.15) is 0 Å². The van der Waals surface area contributed by atoms with Gasteiger partial charge in [-0.1, -0.05) is 91.0 Å². The van der Waals surface area contributed by atoms with E-state index in [0.29, 0.717) is 0 Å². The lowest BCUT2D eigenvalue weighted by molar-refractivity contribution is 0.753. The maximum Gasteiger partial charge on any atom is 0.0755 e. The van der Waals surface area contributed by atoms with E-state index in [0.717, 1.165) is 16.9 Å². The molecule has 2 N–H and O–H groups in total. The highest BCUT2D eigenvalue weighted by molar-refractivity contribution is 5.98. The van der Waals surface area contributed by atoms with E-state index in [1.165, 1.54) is 39.2 Å². The van der Waals surface area contributed by atoms with E-state index in [-0.39, 0.29) is 0 Å². The average Bonchev–Trinajstić information content (AvgIpc) is 3.17. The van der Waals surface area contributed by atoms with E-state index >= 15 is 0 Å². The number of nitrogens with two attached hydrogens (primary N) is 1. The Morgan fingerprint density at radius 1 is 0.485 bits per heavy atom. The summed E-state index contributed by atoms with van der Waals surface area (Å²) in [5.41, 5.74) is 18.1. The van der Waals surface area contributed by atoms with Crippen LogP contribution >= 0.6 is 0 Å². The van der Waals surface area contributed by atoms with Crippen LogP contribution in [0.3, 0.4) is 0 Å². The number of fused-ring (bicyclic) bond motifs is 9. The highest BCUT2D eigenvalue weighted by Crippen LogP contribution is 2.63. The lowest BCUT2D eigenvalue weighted by Gasteiger charge is -2.45. The third-order valence-corrected chi connectivity index (χ3v) is 7.21. The molecule has 2 heteroatoms. The van der Waals surface area contributed by atoms with E-state index in [2.05, 4.69) is 120 Å². The summed E-state index contributed by atoms with van der Waals surface area (Å²) >= 11 is 0. The number of hydrogen-bond donors (Lipinski definition) is 1. The van der Waals surface area contributed by atoms with Crippen LogP contribution in [0.5, 0.6) is 0 Å². The molecular formula is C31H22N2. The molecule has 0 aromatic heterocycles. The molecule has 1 heterocycles. The summed E-state index contributed by atoms with van der Waals surface area (Å²) in [4.78, 5) is 2.39. The molecule has 0 atom stereocenters. The predicted molar refractivity (Wildman–Crippen MR) is 136 cm³/mol. The van der Waals surface area contributed by atoms with Gasteiger partial charge in [-0.3, -0.25) is 0 Å². The fraction of sp³-hybridized carbons (Fsp3) is 0.0323. The zero-order valence-electron chi connectivity index (χ0n) is 18.1. The number of nitrogens with zero attached hydrogens (tertiary/aromatic N) is 1. The fourth-order valence-electron chi connectivity index (χ4n) is 6.04. The molecule has 0 saturated heterocycles. The second-order valence-electron chi connectivity index (χ2n) is 8.77. The molecule has 0 amide bonds. The first-order valence-corrected chi connectivity index (χ1v) is 11.3. The summed E-state index contributed by atoms with van der Waals surface area (Å²) in [6.45, 7) is 0. The molecule has 2 aliphatic rings. The van der Waals surface area contributed by atoms with Gasteiger partial charge >= 0.3 is 0 Å². The van der Waals surface area contributed by atoms with Crippen molar-refractivity contribution in [1.29, 1.82) is 0 Å². The van der Waals surface area contributed by atoms with Crippen LogP contribution in [0.25, 0.3) is 11.1 Å². The lowest BCUT2D eigenvalue weighted by Crippen LogP contribution is -2.36. The quantitative estimate of drug-likeness (QED) is 0.279. The van der Waals surface area contributed by atoms with Gasteiger partial charge in [-0.15, -0.1) is 0 Å². The van der Waals surface area contributed by atoms with Crippen molar-refractivity contribution in [2.75, 3.05) is 10.6 Å². The maximum absolute atomic E-state index is 6.62. The molecule has 2 nitrogen and oxygen atoms in total. The van der Waals surface area contributed by atoms with Crippen molar-refractivity contribution in [2.24, 2.45) is 0 Å². The average molecular weight is 423 g/mol. The Bertz CT molecular complexity index is 1490. The Labute approximate surface area is 193 Å². The minimum absolute atomic E-state index is 0.417. The molecule has 0 radical (unpaired) electrons. The molecule has 1 aliphatic heterocycles. The van der Waals surface area contributed by atoms with Gasteiger partial charge in [-0.25, -0.2) is 0 Å². The van der Waals surface area contributed by atoms with Crippen LogP contribution in [0, 0.1) is 0 Å². The minimum atomic E-state index is -0.417. The normalized spacial score (nSPS) is 14.4. The van der Waals surface area contributed by atoms with E-state index < -0.39 is 5.41 Å². The third-order valence-electron chi connectivity index (χ3n) is 7.21. The first-order chi connectivity index (χ1) is 16.3. The first kappa shape index (κ1) is 18.3. The van der Waals surface area contributed by atoms with Crippen molar-refractivity contribution in [3.05, 3.63) is 144 Å². The minimum Gasteiger partial charge on any atom is -0.398 e. The van der Waals surface area contributed by atoms with Gasteiger partial charge in [0, 0.05) is 16.9 Å². The van der Waals surface area contributed by atoms with Crippen molar-refractivity contribution in [3.63, 3.8) is 0 Å². The van der Waals surface area contributed by atoms with E-state index in [4.69, 9.17) is 5.73 Å². The topological polar surface area (TPSA) is 29.3 Å². The molecule has 1 aliphatic carbocycles. The molecule has 5 aromatic rings. The Morgan fingerprint density at radius 2 is 1.03 bits per heavy atom. The van der Waals surface area contributed by atoms with Gasteiger partial charge in [0.05, 0.1) is 16.8 Å². The number of benzene rings is 5. The summed E-state index contributed by atoms with van der Waals surface area (Å²) in [5, 5.41) is 0. The Balaban J connectivity index is 1.68. The van der Waals surface area contributed by atoms with Crippen LogP contribution in [0.15, 0.2) is 121 Å².